The Kier molecular flexibility index (Phi) is 4.34. The van der Waals surface area contributed by atoms with Crippen molar-refractivity contribution in [3.8, 4) is 11.5 Å². The Bertz CT molecular complexity index is 914. The number of nitrogens with zero attached hydrogens (tertiary/aromatic N) is 2. The molecule has 130 valence electrons. The molecule has 7 heteroatoms. The van der Waals surface area contributed by atoms with E-state index in [1.54, 1.807) is 18.2 Å². The van der Waals surface area contributed by atoms with Crippen LogP contribution in [0.5, 0.6) is 11.5 Å². The number of amides is 1. The van der Waals surface area contributed by atoms with Crippen molar-refractivity contribution < 1.29 is 14.3 Å². The highest BCUT2D eigenvalue weighted by Crippen LogP contribution is 2.32. The number of aromatic nitrogens is 2. The number of anilines is 3. The molecule has 1 aliphatic rings. The van der Waals surface area contributed by atoms with Crippen LogP contribution in [-0.4, -0.2) is 29.1 Å². The van der Waals surface area contributed by atoms with Gasteiger partial charge in [0.25, 0.3) is 5.91 Å². The summed E-state index contributed by atoms with van der Waals surface area (Å²) in [6.07, 6.45) is 2.96. The van der Waals surface area contributed by atoms with Crippen LogP contribution in [0, 0.1) is 0 Å². The lowest BCUT2D eigenvalue weighted by molar-refractivity contribution is 0.102. The average molecular weight is 348 g/mol. The van der Waals surface area contributed by atoms with Gasteiger partial charge in [0.1, 0.15) is 13.2 Å². The molecule has 1 aliphatic heterocycles. The molecule has 0 atom stereocenters. The molecule has 1 aromatic heterocycles. The number of para-hydroxylation sites is 1. The van der Waals surface area contributed by atoms with Crippen LogP contribution in [0.4, 0.5) is 17.3 Å². The zero-order valence-electron chi connectivity index (χ0n) is 13.8. The first kappa shape index (κ1) is 15.9. The van der Waals surface area contributed by atoms with E-state index in [2.05, 4.69) is 20.6 Å². The van der Waals surface area contributed by atoms with Gasteiger partial charge in [-0.1, -0.05) is 18.2 Å². The van der Waals surface area contributed by atoms with E-state index in [9.17, 15) is 4.79 Å². The van der Waals surface area contributed by atoms with E-state index in [4.69, 9.17) is 9.47 Å². The Labute approximate surface area is 150 Å². The number of carbonyl (C=O) groups excluding carboxylic acids is 1. The second-order valence-corrected chi connectivity index (χ2v) is 5.60. The molecule has 2 aromatic carbocycles. The molecule has 0 bridgehead atoms. The van der Waals surface area contributed by atoms with E-state index in [1.807, 2.05) is 30.3 Å². The third kappa shape index (κ3) is 3.56. The molecule has 2 N–H and O–H groups in total. The first-order valence-corrected chi connectivity index (χ1v) is 8.13. The summed E-state index contributed by atoms with van der Waals surface area (Å²) in [5.74, 6) is 1.42. The molecule has 26 heavy (non-hydrogen) atoms. The lowest BCUT2D eigenvalue weighted by Gasteiger charge is -2.19. The van der Waals surface area contributed by atoms with Crippen molar-refractivity contribution in [3.63, 3.8) is 0 Å². The number of rotatable bonds is 4. The van der Waals surface area contributed by atoms with Crippen molar-refractivity contribution in [2.75, 3.05) is 23.8 Å². The highest BCUT2D eigenvalue weighted by atomic mass is 16.6. The molecule has 0 unspecified atom stereocenters. The van der Waals surface area contributed by atoms with Crippen molar-refractivity contribution in [1.82, 2.24) is 9.97 Å². The predicted octanol–water partition coefficient (Wildman–Crippen LogP) is 3.24. The standard InChI is InChI=1S/C19H16N4O3/c24-18(22-15-6-7-16-17(10-15)26-9-8-25-16)13-11-20-19(21-12-13)23-14-4-2-1-3-5-14/h1-7,10-12H,8-9H2,(H,22,24)(H,20,21,23). The summed E-state index contributed by atoms with van der Waals surface area (Å²) in [5, 5.41) is 5.87. The Balaban J connectivity index is 1.43. The second kappa shape index (κ2) is 7.10. The van der Waals surface area contributed by atoms with Crippen LogP contribution in [0.1, 0.15) is 10.4 Å². The zero-order chi connectivity index (χ0) is 17.8. The summed E-state index contributed by atoms with van der Waals surface area (Å²) in [7, 11) is 0. The number of hydrogen-bond acceptors (Lipinski definition) is 6. The smallest absolute Gasteiger partial charge is 0.258 e. The summed E-state index contributed by atoms with van der Waals surface area (Å²) < 4.78 is 11.0. The SMILES string of the molecule is O=C(Nc1ccc2c(c1)OCCO2)c1cnc(Nc2ccccc2)nc1. The summed E-state index contributed by atoms with van der Waals surface area (Å²) in [6, 6.07) is 14.8. The first-order chi connectivity index (χ1) is 12.8. The summed E-state index contributed by atoms with van der Waals surface area (Å²) in [4.78, 5) is 20.7. The molecular formula is C19H16N4O3. The van der Waals surface area contributed by atoms with Gasteiger partial charge < -0.3 is 20.1 Å². The highest BCUT2D eigenvalue weighted by Gasteiger charge is 2.14. The Morgan fingerprint density at radius 2 is 1.62 bits per heavy atom. The van der Waals surface area contributed by atoms with Gasteiger partial charge in [-0.25, -0.2) is 9.97 Å². The maximum absolute atomic E-state index is 12.4. The van der Waals surface area contributed by atoms with Gasteiger partial charge in [-0.15, -0.1) is 0 Å². The average Bonchev–Trinajstić information content (AvgIpc) is 2.69. The van der Waals surface area contributed by atoms with Crippen LogP contribution in [0.25, 0.3) is 0 Å². The van der Waals surface area contributed by atoms with E-state index in [0.717, 1.165) is 5.69 Å². The number of fused-ring (bicyclic) bond motifs is 1. The number of nitrogens with one attached hydrogen (secondary N) is 2. The van der Waals surface area contributed by atoms with Crippen LogP contribution in [0.3, 0.4) is 0 Å². The van der Waals surface area contributed by atoms with Crippen molar-refractivity contribution >= 4 is 23.2 Å². The fourth-order valence-corrected chi connectivity index (χ4v) is 2.48. The van der Waals surface area contributed by atoms with Crippen molar-refractivity contribution in [2.45, 2.75) is 0 Å². The minimum absolute atomic E-state index is 0.298. The topological polar surface area (TPSA) is 85.4 Å². The first-order valence-electron chi connectivity index (χ1n) is 8.13. The fourth-order valence-electron chi connectivity index (χ4n) is 2.48. The van der Waals surface area contributed by atoms with E-state index >= 15 is 0 Å². The van der Waals surface area contributed by atoms with Crippen LogP contribution in [0.15, 0.2) is 60.9 Å². The molecule has 0 saturated heterocycles. The molecule has 0 aliphatic carbocycles. The van der Waals surface area contributed by atoms with Gasteiger partial charge in [0.2, 0.25) is 5.95 Å². The molecule has 2 heterocycles. The Hall–Kier alpha value is -3.61. The monoisotopic (exact) mass is 348 g/mol. The van der Waals surface area contributed by atoms with Crippen LogP contribution >= 0.6 is 0 Å². The molecule has 0 saturated carbocycles. The fraction of sp³-hybridized carbons (Fsp3) is 0.105. The van der Waals surface area contributed by atoms with Crippen LogP contribution < -0.4 is 20.1 Å². The Morgan fingerprint density at radius 3 is 2.38 bits per heavy atom. The van der Waals surface area contributed by atoms with Gasteiger partial charge in [-0.05, 0) is 24.3 Å². The summed E-state index contributed by atoms with van der Waals surface area (Å²) >= 11 is 0. The molecule has 0 spiro atoms. The molecule has 0 fully saturated rings. The molecular weight excluding hydrogens is 332 g/mol. The minimum atomic E-state index is -0.298. The molecule has 1 amide bonds. The van der Waals surface area contributed by atoms with E-state index < -0.39 is 0 Å². The molecule has 0 radical (unpaired) electrons. The van der Waals surface area contributed by atoms with Crippen LogP contribution in [0.2, 0.25) is 0 Å². The van der Waals surface area contributed by atoms with Gasteiger partial charge >= 0.3 is 0 Å². The largest absolute Gasteiger partial charge is 0.486 e. The van der Waals surface area contributed by atoms with Gasteiger partial charge in [0.05, 0.1) is 5.56 Å². The van der Waals surface area contributed by atoms with Crippen molar-refractivity contribution in [1.29, 1.82) is 0 Å². The number of ether oxygens (including phenoxy) is 2. The number of benzene rings is 2. The summed E-state index contributed by atoms with van der Waals surface area (Å²) in [6.45, 7) is 1.02. The molecule has 4 rings (SSSR count). The zero-order valence-corrected chi connectivity index (χ0v) is 13.8. The van der Waals surface area contributed by atoms with E-state index in [-0.39, 0.29) is 5.91 Å². The third-order valence-electron chi connectivity index (χ3n) is 3.74. The minimum Gasteiger partial charge on any atom is -0.486 e. The van der Waals surface area contributed by atoms with Crippen molar-refractivity contribution in [3.05, 3.63) is 66.5 Å². The third-order valence-corrected chi connectivity index (χ3v) is 3.74. The maximum Gasteiger partial charge on any atom is 0.258 e. The highest BCUT2D eigenvalue weighted by molar-refractivity contribution is 6.04. The van der Waals surface area contributed by atoms with Gasteiger partial charge in [-0.3, -0.25) is 4.79 Å². The second-order valence-electron chi connectivity index (χ2n) is 5.60. The molecule has 7 nitrogen and oxygen atoms in total. The van der Waals surface area contributed by atoms with Crippen molar-refractivity contribution in [2.24, 2.45) is 0 Å². The lowest BCUT2D eigenvalue weighted by Crippen LogP contribution is -2.16. The normalized spacial score (nSPS) is 12.3. The van der Waals surface area contributed by atoms with E-state index in [1.165, 1.54) is 12.4 Å². The maximum atomic E-state index is 12.4. The molecule has 3 aromatic rings. The predicted molar refractivity (Wildman–Crippen MR) is 97.1 cm³/mol. The van der Waals surface area contributed by atoms with E-state index in [0.29, 0.717) is 41.9 Å². The number of hydrogen-bond donors (Lipinski definition) is 2. The quantitative estimate of drug-likeness (QED) is 0.753. The van der Waals surface area contributed by atoms with Crippen LogP contribution in [-0.2, 0) is 0 Å². The summed E-state index contributed by atoms with van der Waals surface area (Å²) in [5.41, 5.74) is 1.85. The number of carbonyl (C=O) groups is 1. The lowest BCUT2D eigenvalue weighted by atomic mass is 10.2. The van der Waals surface area contributed by atoms with Gasteiger partial charge in [-0.2, -0.15) is 0 Å². The van der Waals surface area contributed by atoms with Gasteiger partial charge in [0.15, 0.2) is 11.5 Å². The van der Waals surface area contributed by atoms with Gasteiger partial charge in [0, 0.05) is 29.8 Å². The Morgan fingerprint density at radius 1 is 0.885 bits per heavy atom.